The van der Waals surface area contributed by atoms with Crippen LogP contribution in [0.3, 0.4) is 0 Å². The van der Waals surface area contributed by atoms with E-state index in [-0.39, 0.29) is 11.8 Å². The second-order valence-corrected chi connectivity index (χ2v) is 8.03. The second-order valence-electron chi connectivity index (χ2n) is 8.03. The van der Waals surface area contributed by atoms with Crippen molar-refractivity contribution in [1.82, 2.24) is 19.7 Å². The van der Waals surface area contributed by atoms with Crippen LogP contribution in [0.15, 0.2) is 60.9 Å². The lowest BCUT2D eigenvalue weighted by Crippen LogP contribution is -2.39. The van der Waals surface area contributed by atoms with Crippen molar-refractivity contribution in [3.05, 3.63) is 83.4 Å². The van der Waals surface area contributed by atoms with Crippen molar-refractivity contribution >= 4 is 5.91 Å². The van der Waals surface area contributed by atoms with Crippen LogP contribution in [0, 0.1) is 6.92 Å². The number of hydrogen-bond donors (Lipinski definition) is 0. The number of aryl methyl sites for hydroxylation is 2. The Labute approximate surface area is 172 Å². The van der Waals surface area contributed by atoms with Gasteiger partial charge in [-0.15, -0.1) is 10.2 Å². The highest BCUT2D eigenvalue weighted by Gasteiger charge is 2.28. The monoisotopic (exact) mass is 388 g/mol. The Morgan fingerprint density at radius 3 is 2.31 bits per heavy atom. The molecule has 0 spiro atoms. The van der Waals surface area contributed by atoms with Gasteiger partial charge in [-0.1, -0.05) is 60.2 Å². The molecule has 1 aliphatic heterocycles. The number of aromatic nitrogens is 3. The first-order chi connectivity index (χ1) is 14.1. The third kappa shape index (κ3) is 4.39. The molecule has 0 saturated carbocycles. The van der Waals surface area contributed by atoms with Gasteiger partial charge in [-0.2, -0.15) is 0 Å². The lowest BCUT2D eigenvalue weighted by Gasteiger charge is -2.32. The van der Waals surface area contributed by atoms with Gasteiger partial charge in [-0.25, -0.2) is 0 Å². The van der Waals surface area contributed by atoms with Gasteiger partial charge in [0.15, 0.2) is 0 Å². The highest BCUT2D eigenvalue weighted by molar-refractivity contribution is 5.78. The molecule has 1 fully saturated rings. The van der Waals surface area contributed by atoms with Gasteiger partial charge in [-0.05, 0) is 30.9 Å². The van der Waals surface area contributed by atoms with Gasteiger partial charge in [0.25, 0.3) is 0 Å². The summed E-state index contributed by atoms with van der Waals surface area (Å²) < 4.78 is 1.99. The summed E-state index contributed by atoms with van der Waals surface area (Å²) in [6.07, 6.45) is 4.14. The molecule has 4 rings (SSSR count). The first-order valence-corrected chi connectivity index (χ1v) is 10.3. The quantitative estimate of drug-likeness (QED) is 0.662. The fraction of sp³-hybridized carbons (Fsp3) is 0.375. The zero-order valence-corrected chi connectivity index (χ0v) is 17.2. The van der Waals surface area contributed by atoms with E-state index >= 15 is 0 Å². The van der Waals surface area contributed by atoms with Gasteiger partial charge in [0, 0.05) is 38.4 Å². The molecule has 0 N–H and O–H groups in total. The summed E-state index contributed by atoms with van der Waals surface area (Å²) in [4.78, 5) is 15.2. The molecule has 0 unspecified atom stereocenters. The van der Waals surface area contributed by atoms with Crippen molar-refractivity contribution in [2.45, 2.75) is 38.0 Å². The topological polar surface area (TPSA) is 51.0 Å². The molecule has 1 saturated heterocycles. The van der Waals surface area contributed by atoms with Crippen LogP contribution in [0.1, 0.15) is 53.6 Å². The molecule has 29 heavy (non-hydrogen) atoms. The molecule has 1 atom stereocenters. The molecule has 1 aliphatic rings. The van der Waals surface area contributed by atoms with Gasteiger partial charge < -0.3 is 9.47 Å². The largest absolute Gasteiger partial charge is 0.343 e. The number of rotatable bonds is 5. The summed E-state index contributed by atoms with van der Waals surface area (Å²) in [5.41, 5.74) is 3.63. The van der Waals surface area contributed by atoms with E-state index in [1.165, 1.54) is 16.7 Å². The molecule has 1 aromatic heterocycles. The van der Waals surface area contributed by atoms with Crippen molar-refractivity contribution in [2.24, 2.45) is 7.05 Å². The number of likely N-dealkylation sites (tertiary alicyclic amines) is 1. The van der Waals surface area contributed by atoms with E-state index in [1.807, 2.05) is 34.7 Å². The van der Waals surface area contributed by atoms with Crippen LogP contribution in [0.5, 0.6) is 0 Å². The third-order valence-corrected chi connectivity index (χ3v) is 6.02. The molecule has 0 aliphatic carbocycles. The number of benzene rings is 2. The van der Waals surface area contributed by atoms with E-state index in [0.29, 0.717) is 12.3 Å². The lowest BCUT2D eigenvalue weighted by atomic mass is 9.87. The molecule has 0 radical (unpaired) electrons. The average Bonchev–Trinajstić information content (AvgIpc) is 3.19. The number of amides is 1. The number of carbonyl (C=O) groups excluding carboxylic acids is 1. The third-order valence-electron chi connectivity index (χ3n) is 6.02. The smallest absolute Gasteiger partial charge is 0.223 e. The standard InChI is InChI=1S/C24H28N4O/c1-18-8-10-20(11-9-18)22(19-6-4-3-5-7-19)16-23(29)28-14-12-21(13-15-28)24-26-25-17-27(24)2/h3-11,17,21-22H,12-16H2,1-2H3/t22-/m0/s1. The van der Waals surface area contributed by atoms with E-state index in [1.54, 1.807) is 6.33 Å². The van der Waals surface area contributed by atoms with Crippen LogP contribution in [-0.4, -0.2) is 38.7 Å². The minimum absolute atomic E-state index is 0.0840. The van der Waals surface area contributed by atoms with E-state index in [4.69, 9.17) is 0 Å². The molecule has 2 heterocycles. The predicted molar refractivity (Wildman–Crippen MR) is 114 cm³/mol. The summed E-state index contributed by atoms with van der Waals surface area (Å²) in [7, 11) is 1.99. The van der Waals surface area contributed by atoms with Gasteiger partial charge in [0.2, 0.25) is 5.91 Å². The Morgan fingerprint density at radius 2 is 1.69 bits per heavy atom. The summed E-state index contributed by atoms with van der Waals surface area (Å²) in [5.74, 6) is 1.73. The molecule has 1 amide bonds. The number of carbonyl (C=O) groups is 1. The van der Waals surface area contributed by atoms with Crippen molar-refractivity contribution in [3.63, 3.8) is 0 Å². The van der Waals surface area contributed by atoms with Crippen LogP contribution < -0.4 is 0 Å². The van der Waals surface area contributed by atoms with Crippen molar-refractivity contribution < 1.29 is 4.79 Å². The Bertz CT molecular complexity index is 941. The summed E-state index contributed by atoms with van der Waals surface area (Å²) in [6, 6.07) is 18.9. The van der Waals surface area contributed by atoms with E-state index < -0.39 is 0 Å². The lowest BCUT2D eigenvalue weighted by molar-refractivity contribution is -0.132. The predicted octanol–water partition coefficient (Wildman–Crippen LogP) is 4.05. The SMILES string of the molecule is Cc1ccc([C@@H](CC(=O)N2CCC(c3nncn3C)CC2)c2ccccc2)cc1. The fourth-order valence-electron chi connectivity index (χ4n) is 4.26. The molecule has 5 nitrogen and oxygen atoms in total. The van der Waals surface area contributed by atoms with Crippen LogP contribution >= 0.6 is 0 Å². The number of hydrogen-bond acceptors (Lipinski definition) is 3. The summed E-state index contributed by atoms with van der Waals surface area (Å²) in [6.45, 7) is 3.66. The number of piperidine rings is 1. The van der Waals surface area contributed by atoms with Gasteiger partial charge in [-0.3, -0.25) is 4.79 Å². The molecule has 3 aromatic rings. The summed E-state index contributed by atoms with van der Waals surface area (Å²) >= 11 is 0. The number of nitrogens with zero attached hydrogens (tertiary/aromatic N) is 4. The van der Waals surface area contributed by atoms with Crippen molar-refractivity contribution in [1.29, 1.82) is 0 Å². The highest BCUT2D eigenvalue weighted by Crippen LogP contribution is 2.31. The molecular formula is C24H28N4O. The highest BCUT2D eigenvalue weighted by atomic mass is 16.2. The van der Waals surface area contributed by atoms with Crippen LogP contribution in [0.25, 0.3) is 0 Å². The Hall–Kier alpha value is -2.95. The maximum atomic E-state index is 13.2. The normalized spacial score (nSPS) is 16.0. The van der Waals surface area contributed by atoms with Gasteiger partial charge in [0.05, 0.1) is 0 Å². The van der Waals surface area contributed by atoms with Gasteiger partial charge >= 0.3 is 0 Å². The minimum Gasteiger partial charge on any atom is -0.343 e. The Balaban J connectivity index is 1.46. The summed E-state index contributed by atoms with van der Waals surface area (Å²) in [5, 5.41) is 8.25. The maximum absolute atomic E-state index is 13.2. The molecular weight excluding hydrogens is 360 g/mol. The van der Waals surface area contributed by atoms with Crippen LogP contribution in [0.2, 0.25) is 0 Å². The van der Waals surface area contributed by atoms with Crippen molar-refractivity contribution in [3.8, 4) is 0 Å². The van der Waals surface area contributed by atoms with E-state index in [9.17, 15) is 4.79 Å². The van der Waals surface area contributed by atoms with E-state index in [2.05, 4.69) is 53.5 Å². The Morgan fingerprint density at radius 1 is 1.03 bits per heavy atom. The van der Waals surface area contributed by atoms with E-state index in [0.717, 1.165) is 31.8 Å². The first kappa shape index (κ1) is 19.4. The zero-order valence-electron chi connectivity index (χ0n) is 17.2. The molecule has 150 valence electrons. The minimum atomic E-state index is 0.0840. The van der Waals surface area contributed by atoms with Crippen LogP contribution in [0.4, 0.5) is 0 Å². The maximum Gasteiger partial charge on any atom is 0.223 e. The van der Waals surface area contributed by atoms with Crippen molar-refractivity contribution in [2.75, 3.05) is 13.1 Å². The Kier molecular flexibility index (Phi) is 5.74. The average molecular weight is 389 g/mol. The second kappa shape index (κ2) is 8.60. The molecule has 2 aromatic carbocycles. The van der Waals surface area contributed by atoms with Gasteiger partial charge in [0.1, 0.15) is 12.2 Å². The molecule has 5 heteroatoms. The zero-order chi connectivity index (χ0) is 20.2. The first-order valence-electron chi connectivity index (χ1n) is 10.3. The molecule has 0 bridgehead atoms. The van der Waals surface area contributed by atoms with Crippen LogP contribution in [-0.2, 0) is 11.8 Å². The fourth-order valence-corrected chi connectivity index (χ4v) is 4.26.